The molecule has 2 rings (SSSR count). The molecule has 0 aromatic heterocycles. The summed E-state index contributed by atoms with van der Waals surface area (Å²) >= 11 is 0. The first-order valence-electron chi connectivity index (χ1n) is 7.27. The molecule has 1 aromatic rings. The molecule has 1 aliphatic rings. The number of hydrogen-bond acceptors (Lipinski definition) is 3. The van der Waals surface area contributed by atoms with Crippen molar-refractivity contribution in [3.05, 3.63) is 35.4 Å². The summed E-state index contributed by atoms with van der Waals surface area (Å²) < 4.78 is 0. The lowest BCUT2D eigenvalue weighted by Gasteiger charge is -2.36. The summed E-state index contributed by atoms with van der Waals surface area (Å²) in [6, 6.07) is 7.50. The molecule has 1 aliphatic heterocycles. The number of amides is 1. The fraction of sp³-hybridized carbons (Fsp3) is 0.500. The van der Waals surface area contributed by atoms with Gasteiger partial charge in [-0.3, -0.25) is 14.5 Å². The van der Waals surface area contributed by atoms with Crippen molar-refractivity contribution in [3.8, 4) is 0 Å². The molecule has 1 aromatic carbocycles. The van der Waals surface area contributed by atoms with Gasteiger partial charge in [-0.25, -0.2) is 0 Å². The van der Waals surface area contributed by atoms with E-state index in [1.54, 1.807) is 6.92 Å². The van der Waals surface area contributed by atoms with Gasteiger partial charge in [-0.2, -0.15) is 0 Å². The zero-order valence-corrected chi connectivity index (χ0v) is 12.6. The van der Waals surface area contributed by atoms with Gasteiger partial charge in [0.15, 0.2) is 0 Å². The van der Waals surface area contributed by atoms with Crippen LogP contribution in [0.25, 0.3) is 0 Å². The van der Waals surface area contributed by atoms with Crippen LogP contribution < -0.4 is 0 Å². The number of carboxylic acid groups (broad SMARTS) is 1. The molecule has 1 heterocycles. The molecule has 1 amide bonds. The molecule has 1 atom stereocenters. The quantitative estimate of drug-likeness (QED) is 0.904. The van der Waals surface area contributed by atoms with Gasteiger partial charge in [0.25, 0.3) is 0 Å². The second-order valence-electron chi connectivity index (χ2n) is 5.59. The Balaban J connectivity index is 1.85. The lowest BCUT2D eigenvalue weighted by molar-refractivity contribution is -0.144. The van der Waals surface area contributed by atoms with E-state index in [1.165, 1.54) is 5.56 Å². The van der Waals surface area contributed by atoms with Gasteiger partial charge in [0.05, 0.1) is 6.42 Å². The highest BCUT2D eigenvalue weighted by atomic mass is 16.4. The van der Waals surface area contributed by atoms with Crippen LogP contribution in [0.15, 0.2) is 24.3 Å². The Labute approximate surface area is 125 Å². The number of hydrogen-bond donors (Lipinski definition) is 1. The van der Waals surface area contributed by atoms with Gasteiger partial charge in [-0.15, -0.1) is 0 Å². The second-order valence-corrected chi connectivity index (χ2v) is 5.59. The third-order valence-electron chi connectivity index (χ3n) is 4.05. The van der Waals surface area contributed by atoms with E-state index < -0.39 is 12.0 Å². The molecule has 0 spiro atoms. The third kappa shape index (κ3) is 4.04. The average molecular weight is 290 g/mol. The van der Waals surface area contributed by atoms with Crippen molar-refractivity contribution < 1.29 is 14.7 Å². The van der Waals surface area contributed by atoms with Crippen LogP contribution in [0.1, 0.15) is 18.1 Å². The molecule has 114 valence electrons. The Morgan fingerprint density at radius 3 is 2.24 bits per heavy atom. The maximum Gasteiger partial charge on any atom is 0.320 e. The summed E-state index contributed by atoms with van der Waals surface area (Å²) in [7, 11) is 0. The highest BCUT2D eigenvalue weighted by Gasteiger charge is 2.26. The smallest absolute Gasteiger partial charge is 0.320 e. The fourth-order valence-electron chi connectivity index (χ4n) is 2.51. The summed E-state index contributed by atoms with van der Waals surface area (Å²) in [6.45, 7) is 6.14. The van der Waals surface area contributed by atoms with Crippen LogP contribution in [0.3, 0.4) is 0 Å². The maximum atomic E-state index is 12.3. The first-order chi connectivity index (χ1) is 9.97. The largest absolute Gasteiger partial charge is 0.480 e. The van der Waals surface area contributed by atoms with E-state index in [9.17, 15) is 9.59 Å². The van der Waals surface area contributed by atoms with Gasteiger partial charge in [-0.05, 0) is 19.4 Å². The summed E-state index contributed by atoms with van der Waals surface area (Å²) in [4.78, 5) is 26.9. The lowest BCUT2D eigenvalue weighted by atomic mass is 10.1. The Morgan fingerprint density at radius 2 is 1.71 bits per heavy atom. The van der Waals surface area contributed by atoms with Crippen LogP contribution in [0, 0.1) is 6.92 Å². The minimum Gasteiger partial charge on any atom is -0.480 e. The molecule has 0 unspecified atom stereocenters. The highest BCUT2D eigenvalue weighted by Crippen LogP contribution is 2.10. The third-order valence-corrected chi connectivity index (χ3v) is 4.05. The molecule has 0 radical (unpaired) electrons. The Hall–Kier alpha value is -1.88. The molecule has 0 bridgehead atoms. The number of carbonyl (C=O) groups excluding carboxylic acids is 1. The summed E-state index contributed by atoms with van der Waals surface area (Å²) in [5.74, 6) is -0.698. The zero-order valence-electron chi connectivity index (χ0n) is 12.6. The van der Waals surface area contributed by atoms with Crippen LogP contribution >= 0.6 is 0 Å². The van der Waals surface area contributed by atoms with Crippen LogP contribution in [0.4, 0.5) is 0 Å². The van der Waals surface area contributed by atoms with Crippen LogP contribution in [0.5, 0.6) is 0 Å². The molecular weight excluding hydrogens is 268 g/mol. The second kappa shape index (κ2) is 6.72. The van der Waals surface area contributed by atoms with Gasteiger partial charge in [0.2, 0.25) is 5.91 Å². The number of nitrogens with zero attached hydrogens (tertiary/aromatic N) is 2. The van der Waals surface area contributed by atoms with Crippen molar-refractivity contribution in [2.24, 2.45) is 0 Å². The topological polar surface area (TPSA) is 60.9 Å². The predicted molar refractivity (Wildman–Crippen MR) is 80.1 cm³/mol. The van der Waals surface area contributed by atoms with Gasteiger partial charge in [-0.1, -0.05) is 29.8 Å². The van der Waals surface area contributed by atoms with Crippen LogP contribution in [-0.4, -0.2) is 59.0 Å². The first kappa shape index (κ1) is 15.5. The fourth-order valence-corrected chi connectivity index (χ4v) is 2.51. The minimum absolute atomic E-state index is 0.112. The molecule has 1 fully saturated rings. The summed E-state index contributed by atoms with van der Waals surface area (Å²) in [5, 5.41) is 9.00. The molecule has 1 N–H and O–H groups in total. The standard InChI is InChI=1S/C16H22N2O3/c1-12-3-5-14(6-4-12)11-15(19)18-9-7-17(8-10-18)13(2)16(20)21/h3-6,13H,7-11H2,1-2H3,(H,20,21)/t13-/m0/s1. The summed E-state index contributed by atoms with van der Waals surface area (Å²) in [6.07, 6.45) is 0.411. The van der Waals surface area contributed by atoms with E-state index in [-0.39, 0.29) is 5.91 Å². The van der Waals surface area contributed by atoms with Crippen LogP contribution in [0.2, 0.25) is 0 Å². The van der Waals surface area contributed by atoms with E-state index in [0.29, 0.717) is 32.6 Å². The monoisotopic (exact) mass is 290 g/mol. The van der Waals surface area contributed by atoms with E-state index in [2.05, 4.69) is 0 Å². The van der Waals surface area contributed by atoms with Gasteiger partial charge in [0.1, 0.15) is 6.04 Å². The van der Waals surface area contributed by atoms with E-state index in [1.807, 2.05) is 41.0 Å². The first-order valence-corrected chi connectivity index (χ1v) is 7.27. The van der Waals surface area contributed by atoms with Gasteiger partial charge in [0, 0.05) is 26.2 Å². The molecule has 1 saturated heterocycles. The number of rotatable bonds is 4. The Morgan fingerprint density at radius 1 is 1.14 bits per heavy atom. The number of aryl methyl sites for hydroxylation is 1. The van der Waals surface area contributed by atoms with Gasteiger partial charge < -0.3 is 10.0 Å². The number of carbonyl (C=O) groups is 2. The zero-order chi connectivity index (χ0) is 15.4. The van der Waals surface area contributed by atoms with Crippen molar-refractivity contribution in [2.75, 3.05) is 26.2 Å². The van der Waals surface area contributed by atoms with Crippen molar-refractivity contribution in [2.45, 2.75) is 26.3 Å². The Bertz CT molecular complexity index is 505. The maximum absolute atomic E-state index is 12.3. The SMILES string of the molecule is Cc1ccc(CC(=O)N2CCN([C@@H](C)C(=O)O)CC2)cc1. The van der Waals surface area contributed by atoms with Crippen LogP contribution in [-0.2, 0) is 16.0 Å². The van der Waals surface area contributed by atoms with Crippen molar-refractivity contribution >= 4 is 11.9 Å². The van der Waals surface area contributed by atoms with Crippen molar-refractivity contribution in [1.82, 2.24) is 9.80 Å². The predicted octanol–water partition coefficient (Wildman–Crippen LogP) is 1.15. The number of benzene rings is 1. The number of aliphatic carboxylic acids is 1. The van der Waals surface area contributed by atoms with Crippen molar-refractivity contribution in [1.29, 1.82) is 0 Å². The molecular formula is C16H22N2O3. The molecule has 21 heavy (non-hydrogen) atoms. The van der Waals surface area contributed by atoms with Crippen molar-refractivity contribution in [3.63, 3.8) is 0 Å². The van der Waals surface area contributed by atoms with E-state index in [0.717, 1.165) is 5.56 Å². The Kier molecular flexibility index (Phi) is 4.96. The molecule has 0 saturated carbocycles. The molecule has 5 nitrogen and oxygen atoms in total. The molecule has 0 aliphatic carbocycles. The molecule has 5 heteroatoms. The number of piperazine rings is 1. The average Bonchev–Trinajstić information content (AvgIpc) is 2.49. The highest BCUT2D eigenvalue weighted by molar-refractivity contribution is 5.79. The van der Waals surface area contributed by atoms with E-state index in [4.69, 9.17) is 5.11 Å². The minimum atomic E-state index is -0.811. The normalized spacial score (nSPS) is 17.5. The lowest BCUT2D eigenvalue weighted by Crippen LogP contribution is -2.53. The summed E-state index contributed by atoms with van der Waals surface area (Å²) in [5.41, 5.74) is 2.20. The number of carboxylic acids is 1. The van der Waals surface area contributed by atoms with E-state index >= 15 is 0 Å². The van der Waals surface area contributed by atoms with Gasteiger partial charge >= 0.3 is 5.97 Å².